The molecule has 98 valence electrons. The minimum Gasteiger partial charge on any atom is -0.390 e. The first-order valence-corrected chi connectivity index (χ1v) is 6.51. The lowest BCUT2D eigenvalue weighted by Gasteiger charge is -2.26. The molecule has 2 aliphatic rings. The van der Waals surface area contributed by atoms with Gasteiger partial charge in [0.2, 0.25) is 0 Å². The molecule has 0 spiro atoms. The van der Waals surface area contributed by atoms with Gasteiger partial charge in [0.1, 0.15) is 5.69 Å². The zero-order valence-electron chi connectivity index (χ0n) is 10.5. The van der Waals surface area contributed by atoms with Gasteiger partial charge < -0.3 is 19.9 Å². The second kappa shape index (κ2) is 4.40. The van der Waals surface area contributed by atoms with E-state index in [2.05, 4.69) is 9.88 Å². The van der Waals surface area contributed by atoms with Crippen molar-refractivity contribution in [2.75, 3.05) is 20.1 Å². The summed E-state index contributed by atoms with van der Waals surface area (Å²) in [4.78, 5) is 14.1. The summed E-state index contributed by atoms with van der Waals surface area (Å²) in [5.74, 6) is -0.000324. The van der Waals surface area contributed by atoms with E-state index >= 15 is 0 Å². The van der Waals surface area contributed by atoms with E-state index in [0.29, 0.717) is 19.1 Å². The summed E-state index contributed by atoms with van der Waals surface area (Å²) in [6, 6.07) is 4.16. The lowest BCUT2D eigenvalue weighted by atomic mass is 10.2. The van der Waals surface area contributed by atoms with Crippen LogP contribution in [0.2, 0.25) is 0 Å². The highest BCUT2D eigenvalue weighted by atomic mass is 16.3. The Hall–Kier alpha value is -1.33. The van der Waals surface area contributed by atoms with Gasteiger partial charge in [-0.2, -0.15) is 0 Å². The van der Waals surface area contributed by atoms with Crippen LogP contribution in [0.5, 0.6) is 0 Å². The van der Waals surface area contributed by atoms with Gasteiger partial charge in [0.25, 0.3) is 5.91 Å². The second-order valence-electron chi connectivity index (χ2n) is 5.24. The molecule has 1 aromatic heterocycles. The van der Waals surface area contributed by atoms with Gasteiger partial charge in [-0.15, -0.1) is 0 Å². The van der Waals surface area contributed by atoms with Crippen LogP contribution in [-0.2, 0) is 0 Å². The third-order valence-corrected chi connectivity index (χ3v) is 3.91. The summed E-state index contributed by atoms with van der Waals surface area (Å²) in [5.41, 5.74) is 0.735. The number of aromatic nitrogens is 1. The van der Waals surface area contributed by atoms with E-state index in [1.165, 1.54) is 0 Å². The van der Waals surface area contributed by atoms with Crippen LogP contribution < -0.4 is 5.32 Å². The van der Waals surface area contributed by atoms with Crippen molar-refractivity contribution in [2.24, 2.45) is 0 Å². The molecule has 2 fully saturated rings. The maximum Gasteiger partial charge on any atom is 0.270 e. The number of hydrogen-bond donors (Lipinski definition) is 2. The number of nitrogens with zero attached hydrogens (tertiary/aromatic N) is 2. The summed E-state index contributed by atoms with van der Waals surface area (Å²) >= 11 is 0. The van der Waals surface area contributed by atoms with Gasteiger partial charge in [0.05, 0.1) is 12.1 Å². The van der Waals surface area contributed by atoms with Gasteiger partial charge in [-0.05, 0) is 25.0 Å². The number of nitrogens with one attached hydrogen (secondary N) is 1. The van der Waals surface area contributed by atoms with Crippen molar-refractivity contribution in [3.05, 3.63) is 24.0 Å². The van der Waals surface area contributed by atoms with Crippen molar-refractivity contribution in [2.45, 2.75) is 31.0 Å². The highest BCUT2D eigenvalue weighted by molar-refractivity contribution is 5.93. The third-order valence-electron chi connectivity index (χ3n) is 3.91. The number of carbonyl (C=O) groups is 1. The maximum atomic E-state index is 12.5. The summed E-state index contributed by atoms with van der Waals surface area (Å²) < 4.78 is 2.06. The van der Waals surface area contributed by atoms with E-state index in [9.17, 15) is 9.90 Å². The van der Waals surface area contributed by atoms with Crippen molar-refractivity contribution in [1.29, 1.82) is 0 Å². The van der Waals surface area contributed by atoms with Gasteiger partial charge >= 0.3 is 0 Å². The Bertz CT molecular complexity index is 453. The molecule has 1 amide bonds. The molecule has 0 aromatic carbocycles. The quantitative estimate of drug-likeness (QED) is 0.806. The van der Waals surface area contributed by atoms with Crippen LogP contribution in [0.3, 0.4) is 0 Å². The predicted octanol–water partition coefficient (Wildman–Crippen LogP) is 0.228. The monoisotopic (exact) mass is 249 g/mol. The average molecular weight is 249 g/mol. The molecule has 2 heterocycles. The Labute approximate surface area is 106 Å². The number of aliphatic hydroxyl groups is 1. The number of amides is 1. The number of hydrogen-bond acceptors (Lipinski definition) is 3. The summed E-state index contributed by atoms with van der Waals surface area (Å²) in [7, 11) is 1.77. The molecule has 1 saturated carbocycles. The van der Waals surface area contributed by atoms with E-state index in [-0.39, 0.29) is 11.9 Å². The zero-order valence-corrected chi connectivity index (χ0v) is 10.5. The Morgan fingerprint density at radius 1 is 1.50 bits per heavy atom. The molecule has 2 N–H and O–H groups in total. The van der Waals surface area contributed by atoms with Crippen molar-refractivity contribution in [1.82, 2.24) is 14.8 Å². The first kappa shape index (κ1) is 11.7. The number of β-amino-alcohol motifs (C(OH)–C–C–N with tert-alkyl or cyclic N) is 1. The van der Waals surface area contributed by atoms with Gasteiger partial charge in [-0.3, -0.25) is 4.79 Å². The van der Waals surface area contributed by atoms with Gasteiger partial charge in [-0.25, -0.2) is 0 Å². The summed E-state index contributed by atoms with van der Waals surface area (Å²) in [5, 5.41) is 12.9. The third kappa shape index (κ3) is 1.93. The molecule has 18 heavy (non-hydrogen) atoms. The largest absolute Gasteiger partial charge is 0.390 e. The van der Waals surface area contributed by atoms with Crippen LogP contribution in [0.15, 0.2) is 18.3 Å². The first-order chi connectivity index (χ1) is 8.68. The van der Waals surface area contributed by atoms with E-state index in [1.54, 1.807) is 11.9 Å². The second-order valence-corrected chi connectivity index (χ2v) is 5.24. The maximum absolute atomic E-state index is 12.5. The Kier molecular flexibility index (Phi) is 2.87. The topological polar surface area (TPSA) is 57.5 Å². The molecule has 5 nitrogen and oxygen atoms in total. The fourth-order valence-electron chi connectivity index (χ4n) is 2.62. The van der Waals surface area contributed by atoms with Crippen LogP contribution in [0.25, 0.3) is 0 Å². The molecule has 0 unspecified atom stereocenters. The molecule has 3 rings (SSSR count). The molecule has 0 bridgehead atoms. The molecular formula is C13H19N3O2. The van der Waals surface area contributed by atoms with Crippen molar-refractivity contribution < 1.29 is 9.90 Å². The first-order valence-electron chi connectivity index (χ1n) is 6.51. The van der Waals surface area contributed by atoms with Crippen LogP contribution in [0.1, 0.15) is 29.4 Å². The highest BCUT2D eigenvalue weighted by Crippen LogP contribution is 2.36. The SMILES string of the molecule is CN(C(=O)c1cccn1C1CC1)[C@H]1CNC[C@@H]1O. The van der Waals surface area contributed by atoms with Crippen molar-refractivity contribution >= 4 is 5.91 Å². The fraction of sp³-hybridized carbons (Fsp3) is 0.615. The summed E-state index contributed by atoms with van der Waals surface area (Å²) in [6.07, 6.45) is 3.82. The van der Waals surface area contributed by atoms with Crippen LogP contribution in [-0.4, -0.2) is 52.8 Å². The molecule has 1 saturated heterocycles. The molecular weight excluding hydrogens is 230 g/mol. The molecule has 1 aliphatic carbocycles. The Morgan fingerprint density at radius 2 is 2.28 bits per heavy atom. The van der Waals surface area contributed by atoms with Crippen molar-refractivity contribution in [3.8, 4) is 0 Å². The van der Waals surface area contributed by atoms with Crippen molar-refractivity contribution in [3.63, 3.8) is 0 Å². The number of aliphatic hydroxyl groups excluding tert-OH is 1. The van der Waals surface area contributed by atoms with Crippen LogP contribution >= 0.6 is 0 Å². The number of carbonyl (C=O) groups excluding carboxylic acids is 1. The van der Waals surface area contributed by atoms with Gasteiger partial charge in [0, 0.05) is 32.4 Å². The molecule has 0 radical (unpaired) electrons. The zero-order chi connectivity index (χ0) is 12.7. The lowest BCUT2D eigenvalue weighted by Crippen LogP contribution is -2.44. The highest BCUT2D eigenvalue weighted by Gasteiger charge is 2.34. The lowest BCUT2D eigenvalue weighted by molar-refractivity contribution is 0.0571. The molecule has 1 aliphatic heterocycles. The normalized spacial score (nSPS) is 27.4. The van der Waals surface area contributed by atoms with E-state index in [0.717, 1.165) is 18.5 Å². The van der Waals surface area contributed by atoms with E-state index in [1.807, 2.05) is 18.3 Å². The molecule has 1 aromatic rings. The van der Waals surface area contributed by atoms with E-state index < -0.39 is 6.10 Å². The number of likely N-dealkylation sites (N-methyl/N-ethyl adjacent to an activating group) is 1. The van der Waals surface area contributed by atoms with E-state index in [4.69, 9.17) is 0 Å². The molecule has 5 heteroatoms. The number of rotatable bonds is 3. The van der Waals surface area contributed by atoms with Gasteiger partial charge in [0.15, 0.2) is 0 Å². The summed E-state index contributed by atoms with van der Waals surface area (Å²) in [6.45, 7) is 1.22. The van der Waals surface area contributed by atoms with Crippen LogP contribution in [0.4, 0.5) is 0 Å². The molecule has 2 atom stereocenters. The smallest absolute Gasteiger partial charge is 0.270 e. The van der Waals surface area contributed by atoms with Crippen LogP contribution in [0, 0.1) is 0 Å². The predicted molar refractivity (Wildman–Crippen MR) is 67.5 cm³/mol. The van der Waals surface area contributed by atoms with Gasteiger partial charge in [-0.1, -0.05) is 0 Å². The minimum absolute atomic E-state index is 0.000324. The standard InChI is InChI=1S/C13H19N3O2/c1-15(11-7-14-8-12(11)17)13(18)10-3-2-6-16(10)9-4-5-9/h2-3,6,9,11-12,14,17H,4-5,7-8H2,1H3/t11-,12-/m0/s1. The Balaban J connectivity index is 1.78. The Morgan fingerprint density at radius 3 is 2.89 bits per heavy atom. The fourth-order valence-corrected chi connectivity index (χ4v) is 2.62. The average Bonchev–Trinajstić information content (AvgIpc) is 2.94. The minimum atomic E-state index is -0.469.